The van der Waals surface area contributed by atoms with E-state index in [0.717, 1.165) is 11.5 Å². The normalized spacial score (nSPS) is 12.1. The van der Waals surface area contributed by atoms with Gasteiger partial charge in [0.25, 0.3) is 0 Å². The summed E-state index contributed by atoms with van der Waals surface area (Å²) >= 11 is 12.6. The van der Waals surface area contributed by atoms with Gasteiger partial charge in [0.2, 0.25) is 5.69 Å². The predicted molar refractivity (Wildman–Crippen MR) is 113 cm³/mol. The molecule has 1 heterocycles. The Hall–Kier alpha value is -0.700. The van der Waals surface area contributed by atoms with Crippen molar-refractivity contribution in [3.63, 3.8) is 0 Å². The molecule has 0 aliphatic heterocycles. The van der Waals surface area contributed by atoms with E-state index in [1.165, 1.54) is 11.4 Å². The van der Waals surface area contributed by atoms with Gasteiger partial charge in [-0.1, -0.05) is 23.5 Å². The van der Waals surface area contributed by atoms with Crippen LogP contribution in [0.15, 0.2) is 24.3 Å². The lowest BCUT2D eigenvalue weighted by atomic mass is 10.3. The molecule has 1 N–H and O–H groups in total. The van der Waals surface area contributed by atoms with Gasteiger partial charge in [0.1, 0.15) is 11.6 Å². The number of benzene rings is 1. The summed E-state index contributed by atoms with van der Waals surface area (Å²) in [5, 5.41) is 7.21. The van der Waals surface area contributed by atoms with Crippen LogP contribution in [0.3, 0.4) is 0 Å². The number of nitrogens with one attached hydrogen (secondary N) is 1. The van der Waals surface area contributed by atoms with Crippen molar-refractivity contribution >= 4 is 41.1 Å². The van der Waals surface area contributed by atoms with Gasteiger partial charge in [-0.25, -0.2) is 0 Å². The zero-order valence-electron chi connectivity index (χ0n) is 15.5. The molecule has 0 aliphatic carbocycles. The van der Waals surface area contributed by atoms with Crippen LogP contribution in [0.5, 0.6) is 5.75 Å². The van der Waals surface area contributed by atoms with Crippen LogP contribution in [0.1, 0.15) is 33.5 Å². The molecule has 6 nitrogen and oxygen atoms in total. The Morgan fingerprint density at radius 3 is 2.38 bits per heavy atom. The highest BCUT2D eigenvalue weighted by atomic mass is 32.9. The minimum atomic E-state index is -2.50. The molecule has 2 rings (SSSR count). The zero-order valence-corrected chi connectivity index (χ0v) is 18.8. The number of ether oxygens (including phenoxy) is 1. The minimum absolute atomic E-state index is 0.0119. The molecule has 0 fully saturated rings. The summed E-state index contributed by atoms with van der Waals surface area (Å²) in [6.07, 6.45) is -0.0238. The van der Waals surface area contributed by atoms with Crippen molar-refractivity contribution in [1.82, 2.24) is 14.8 Å². The number of para-hydroxylation sites is 2. The van der Waals surface area contributed by atoms with Gasteiger partial charge < -0.3 is 13.8 Å². The molecule has 1 aromatic carbocycles. The van der Waals surface area contributed by atoms with E-state index in [1.54, 1.807) is 7.11 Å². The molecule has 0 saturated carbocycles. The second kappa shape index (κ2) is 9.48. The molecule has 0 bridgehead atoms. The largest absolute Gasteiger partial charge is 0.495 e. The number of rotatable bonds is 9. The van der Waals surface area contributed by atoms with Crippen molar-refractivity contribution in [2.45, 2.75) is 45.7 Å². The van der Waals surface area contributed by atoms with Gasteiger partial charge in [-0.3, -0.25) is 9.67 Å². The van der Waals surface area contributed by atoms with E-state index in [9.17, 15) is 0 Å². The Labute approximate surface area is 168 Å². The summed E-state index contributed by atoms with van der Waals surface area (Å²) in [6, 6.07) is 7.66. The van der Waals surface area contributed by atoms with Gasteiger partial charge in [0, 0.05) is 0 Å². The van der Waals surface area contributed by atoms with Crippen molar-refractivity contribution in [2.75, 3.05) is 7.11 Å². The number of aromatic amines is 1. The van der Waals surface area contributed by atoms with E-state index in [4.69, 9.17) is 37.8 Å². The van der Waals surface area contributed by atoms with Gasteiger partial charge >= 0.3 is 0 Å². The highest BCUT2D eigenvalue weighted by Gasteiger charge is 2.25. The van der Waals surface area contributed by atoms with Crippen LogP contribution in [0, 0.1) is 4.77 Å². The minimum Gasteiger partial charge on any atom is -0.495 e. The van der Waals surface area contributed by atoms with E-state index in [2.05, 4.69) is 10.2 Å². The summed E-state index contributed by atoms with van der Waals surface area (Å²) < 4.78 is 19.7. The van der Waals surface area contributed by atoms with E-state index in [1.807, 2.05) is 56.5 Å². The topological polar surface area (TPSA) is 61.3 Å². The van der Waals surface area contributed by atoms with E-state index in [0.29, 0.717) is 16.3 Å². The third kappa shape index (κ3) is 5.65. The Morgan fingerprint density at radius 2 is 1.81 bits per heavy atom. The Morgan fingerprint density at radius 1 is 1.19 bits per heavy atom. The van der Waals surface area contributed by atoms with Crippen LogP contribution in [0.25, 0.3) is 5.69 Å². The lowest BCUT2D eigenvalue weighted by Crippen LogP contribution is -2.07. The average molecular weight is 434 g/mol. The molecular formula is C16H24N3O3PS3. The maximum atomic E-state index is 5.94. The molecule has 0 spiro atoms. The standard InChI is InChI=1S/C16H24N3O3PS3/c1-11(2)21-23(25,22-12(3)4)26-10-15-17-18-16(24)19(15)13-8-6-7-9-14(13)20-5/h6-9,11-12H,10H2,1-5H3,(H,18,24). The van der Waals surface area contributed by atoms with Crippen molar-refractivity contribution in [2.24, 2.45) is 0 Å². The molecule has 0 radical (unpaired) electrons. The van der Waals surface area contributed by atoms with Gasteiger partial charge in [0.05, 0.1) is 30.8 Å². The summed E-state index contributed by atoms with van der Waals surface area (Å²) in [5.41, 5.74) is -1.67. The number of hydrogen-bond donors (Lipinski definition) is 1. The average Bonchev–Trinajstić information content (AvgIpc) is 2.92. The van der Waals surface area contributed by atoms with Crippen LogP contribution >= 0.6 is 29.3 Å². The SMILES string of the molecule is COc1ccccc1-n1c(CSP(=S)(OC(C)C)OC(C)C)n[nH]c1=S. The summed E-state index contributed by atoms with van der Waals surface area (Å²) in [5.74, 6) is 1.95. The van der Waals surface area contributed by atoms with Crippen LogP contribution in [-0.2, 0) is 26.6 Å². The molecule has 0 aliphatic rings. The monoisotopic (exact) mass is 433 g/mol. The number of H-pyrrole nitrogens is 1. The maximum Gasteiger partial charge on any atom is 0.248 e. The molecule has 144 valence electrons. The van der Waals surface area contributed by atoms with E-state index >= 15 is 0 Å². The first-order valence-corrected chi connectivity index (χ1v) is 12.8. The third-order valence-corrected chi connectivity index (χ3v) is 8.75. The first-order valence-electron chi connectivity index (χ1n) is 8.17. The number of methoxy groups -OCH3 is 1. The second-order valence-electron chi connectivity index (χ2n) is 5.98. The first-order chi connectivity index (χ1) is 12.3. The number of nitrogens with zero attached hydrogens (tertiary/aromatic N) is 2. The molecule has 26 heavy (non-hydrogen) atoms. The lowest BCUT2D eigenvalue weighted by molar-refractivity contribution is 0.186. The van der Waals surface area contributed by atoms with Crippen LogP contribution in [0.4, 0.5) is 0 Å². The molecule has 0 unspecified atom stereocenters. The van der Waals surface area contributed by atoms with Gasteiger partial charge in [0.15, 0.2) is 4.77 Å². The molecule has 0 amide bonds. The second-order valence-corrected chi connectivity index (χ2v) is 12.6. The Balaban J connectivity index is 2.31. The molecule has 2 aromatic rings. The highest BCUT2D eigenvalue weighted by molar-refractivity contribution is 8.67. The van der Waals surface area contributed by atoms with Gasteiger partial charge in [-0.05, 0) is 63.9 Å². The molecular weight excluding hydrogens is 409 g/mol. The van der Waals surface area contributed by atoms with E-state index in [-0.39, 0.29) is 12.2 Å². The Bertz CT molecular complexity index is 821. The zero-order chi connectivity index (χ0) is 19.3. The quantitative estimate of drug-likeness (QED) is 0.428. The fraction of sp³-hybridized carbons (Fsp3) is 0.500. The van der Waals surface area contributed by atoms with Crippen molar-refractivity contribution in [1.29, 1.82) is 0 Å². The van der Waals surface area contributed by atoms with E-state index < -0.39 is 5.69 Å². The van der Waals surface area contributed by atoms with Crippen molar-refractivity contribution in [3.05, 3.63) is 34.9 Å². The maximum absolute atomic E-state index is 5.94. The summed E-state index contributed by atoms with van der Waals surface area (Å²) in [6.45, 7) is 7.82. The third-order valence-electron chi connectivity index (χ3n) is 3.10. The molecule has 0 atom stereocenters. The smallest absolute Gasteiger partial charge is 0.248 e. The summed E-state index contributed by atoms with van der Waals surface area (Å²) in [7, 11) is 1.63. The Kier molecular flexibility index (Phi) is 7.88. The fourth-order valence-electron chi connectivity index (χ4n) is 2.23. The predicted octanol–water partition coefficient (Wildman–Crippen LogP) is 5.25. The lowest BCUT2D eigenvalue weighted by Gasteiger charge is -2.25. The van der Waals surface area contributed by atoms with Crippen LogP contribution in [-0.4, -0.2) is 34.1 Å². The van der Waals surface area contributed by atoms with Crippen molar-refractivity contribution in [3.8, 4) is 11.4 Å². The molecule has 0 saturated heterocycles. The first kappa shape index (κ1) is 21.6. The van der Waals surface area contributed by atoms with Gasteiger partial charge in [-0.2, -0.15) is 5.10 Å². The number of hydrogen-bond acceptors (Lipinski definition) is 7. The van der Waals surface area contributed by atoms with Crippen LogP contribution < -0.4 is 4.74 Å². The number of aromatic nitrogens is 3. The van der Waals surface area contributed by atoms with Gasteiger partial charge in [-0.15, -0.1) is 0 Å². The van der Waals surface area contributed by atoms with Crippen LogP contribution in [0.2, 0.25) is 0 Å². The fourth-order valence-corrected chi connectivity index (χ4v) is 7.87. The highest BCUT2D eigenvalue weighted by Crippen LogP contribution is 2.63. The van der Waals surface area contributed by atoms with Crippen molar-refractivity contribution < 1.29 is 13.8 Å². The molecule has 1 aromatic heterocycles. The summed E-state index contributed by atoms with van der Waals surface area (Å²) in [4.78, 5) is 0. The molecule has 10 heteroatoms.